The molecule has 0 unspecified atom stereocenters. The van der Waals surface area contributed by atoms with Crippen LogP contribution in [0.5, 0.6) is 5.75 Å². The molecule has 0 amide bonds. The third-order valence-corrected chi connectivity index (χ3v) is 3.96. The van der Waals surface area contributed by atoms with Gasteiger partial charge in [-0.1, -0.05) is 24.6 Å². The minimum atomic E-state index is -1.02. The molecule has 2 aromatic heterocycles. The summed E-state index contributed by atoms with van der Waals surface area (Å²) < 4.78 is 21.1. The molecular formula is C17H14ClFN2O3. The Morgan fingerprint density at radius 1 is 1.42 bits per heavy atom. The fourth-order valence-corrected chi connectivity index (χ4v) is 2.75. The molecule has 124 valence electrons. The molecule has 3 rings (SSSR count). The first-order valence-corrected chi connectivity index (χ1v) is 7.69. The van der Waals surface area contributed by atoms with Crippen molar-refractivity contribution in [3.8, 4) is 5.75 Å². The van der Waals surface area contributed by atoms with Crippen LogP contribution >= 0.6 is 11.6 Å². The average molecular weight is 349 g/mol. The molecule has 0 atom stereocenters. The van der Waals surface area contributed by atoms with Crippen molar-refractivity contribution in [3.63, 3.8) is 0 Å². The van der Waals surface area contributed by atoms with E-state index in [1.165, 1.54) is 24.3 Å². The van der Waals surface area contributed by atoms with E-state index in [4.69, 9.17) is 21.4 Å². The first-order valence-electron chi connectivity index (χ1n) is 7.31. The van der Waals surface area contributed by atoms with E-state index in [9.17, 15) is 9.18 Å². The van der Waals surface area contributed by atoms with E-state index in [1.807, 2.05) is 6.92 Å². The van der Waals surface area contributed by atoms with E-state index in [1.54, 1.807) is 16.7 Å². The Morgan fingerprint density at radius 2 is 2.21 bits per heavy atom. The molecule has 5 nitrogen and oxygen atoms in total. The number of carboxylic acids is 1. The Kier molecular flexibility index (Phi) is 4.40. The van der Waals surface area contributed by atoms with Crippen molar-refractivity contribution >= 4 is 23.2 Å². The molecule has 3 aromatic rings. The van der Waals surface area contributed by atoms with Gasteiger partial charge >= 0.3 is 5.97 Å². The normalized spacial score (nSPS) is 11.0. The van der Waals surface area contributed by atoms with Gasteiger partial charge in [0.2, 0.25) is 0 Å². The Bertz CT molecular complexity index is 903. The molecule has 0 saturated heterocycles. The number of aromatic carboxylic acids is 1. The van der Waals surface area contributed by atoms with Gasteiger partial charge in [-0.15, -0.1) is 0 Å². The number of hydrogen-bond acceptors (Lipinski definition) is 3. The van der Waals surface area contributed by atoms with Crippen LogP contribution in [-0.2, 0) is 13.0 Å². The fraction of sp³-hybridized carbons (Fsp3) is 0.176. The second-order valence-electron chi connectivity index (χ2n) is 5.15. The predicted molar refractivity (Wildman–Crippen MR) is 87.3 cm³/mol. The van der Waals surface area contributed by atoms with Gasteiger partial charge in [-0.25, -0.2) is 14.2 Å². The van der Waals surface area contributed by atoms with Crippen molar-refractivity contribution < 1.29 is 19.0 Å². The Morgan fingerprint density at radius 3 is 2.88 bits per heavy atom. The number of nitrogens with zero attached hydrogens (tertiary/aromatic N) is 2. The molecule has 7 heteroatoms. The lowest BCUT2D eigenvalue weighted by Crippen LogP contribution is -2.02. The minimum Gasteiger partial charge on any atom is -0.483 e. The number of carboxylic acid groups (broad SMARTS) is 1. The van der Waals surface area contributed by atoms with E-state index in [2.05, 4.69) is 4.98 Å². The summed E-state index contributed by atoms with van der Waals surface area (Å²) in [5.74, 6) is -1.59. The molecule has 24 heavy (non-hydrogen) atoms. The van der Waals surface area contributed by atoms with Gasteiger partial charge in [-0.05, 0) is 30.7 Å². The number of aryl methyl sites for hydroxylation is 1. The summed E-state index contributed by atoms with van der Waals surface area (Å²) in [6.07, 6.45) is 2.32. The van der Waals surface area contributed by atoms with Crippen LogP contribution in [0.1, 0.15) is 28.7 Å². The third kappa shape index (κ3) is 2.92. The maximum Gasteiger partial charge on any atom is 0.335 e. The number of aromatic nitrogens is 2. The second kappa shape index (κ2) is 6.49. The number of ether oxygens (including phenoxy) is 1. The summed E-state index contributed by atoms with van der Waals surface area (Å²) >= 11 is 5.95. The Labute approximate surface area is 142 Å². The lowest BCUT2D eigenvalue weighted by atomic mass is 10.2. The third-order valence-electron chi connectivity index (χ3n) is 3.66. The lowest BCUT2D eigenvalue weighted by Gasteiger charge is -2.08. The molecule has 0 saturated carbocycles. The molecule has 0 fully saturated rings. The highest BCUT2D eigenvalue weighted by molar-refractivity contribution is 6.32. The van der Waals surface area contributed by atoms with Crippen molar-refractivity contribution in [1.29, 1.82) is 0 Å². The topological polar surface area (TPSA) is 63.8 Å². The maximum absolute atomic E-state index is 13.8. The summed E-state index contributed by atoms with van der Waals surface area (Å²) in [4.78, 5) is 15.5. The molecule has 0 aliphatic rings. The molecule has 2 heterocycles. The molecule has 0 spiro atoms. The number of benzene rings is 1. The zero-order chi connectivity index (χ0) is 17.3. The molecule has 0 radical (unpaired) electrons. The van der Waals surface area contributed by atoms with Crippen LogP contribution in [0.2, 0.25) is 5.02 Å². The standard InChI is InChI=1S/C17H14ClFN2O3/c1-2-14-13(9-24-16-11(18)4-3-5-12(16)19)20-15-8-10(17(22)23)6-7-21(14)15/h3-8H,2,9H2,1H3,(H,22,23). The number of fused-ring (bicyclic) bond motifs is 1. The summed E-state index contributed by atoms with van der Waals surface area (Å²) in [5, 5.41) is 9.26. The largest absolute Gasteiger partial charge is 0.483 e. The summed E-state index contributed by atoms with van der Waals surface area (Å²) in [5.41, 5.74) is 2.14. The lowest BCUT2D eigenvalue weighted by molar-refractivity contribution is 0.0697. The van der Waals surface area contributed by atoms with Crippen LogP contribution in [0.3, 0.4) is 0 Å². The molecule has 0 bridgehead atoms. The molecule has 0 aliphatic heterocycles. The van der Waals surface area contributed by atoms with Gasteiger partial charge in [0.25, 0.3) is 0 Å². The van der Waals surface area contributed by atoms with Crippen LogP contribution in [0.25, 0.3) is 5.65 Å². The number of halogens is 2. The monoisotopic (exact) mass is 348 g/mol. The number of pyridine rings is 1. The van der Waals surface area contributed by atoms with E-state index in [-0.39, 0.29) is 22.9 Å². The fourth-order valence-electron chi connectivity index (χ4n) is 2.53. The maximum atomic E-state index is 13.8. The second-order valence-corrected chi connectivity index (χ2v) is 5.55. The molecule has 1 aromatic carbocycles. The number of para-hydroxylation sites is 1. The van der Waals surface area contributed by atoms with E-state index >= 15 is 0 Å². The quantitative estimate of drug-likeness (QED) is 0.757. The smallest absolute Gasteiger partial charge is 0.335 e. The van der Waals surface area contributed by atoms with Gasteiger partial charge in [0.15, 0.2) is 11.6 Å². The number of rotatable bonds is 5. The van der Waals surface area contributed by atoms with Crippen molar-refractivity contribution in [3.05, 3.63) is 64.3 Å². The molecular weight excluding hydrogens is 335 g/mol. The number of hydrogen-bond donors (Lipinski definition) is 1. The van der Waals surface area contributed by atoms with Gasteiger partial charge < -0.3 is 14.2 Å². The van der Waals surface area contributed by atoms with Crippen LogP contribution < -0.4 is 4.74 Å². The van der Waals surface area contributed by atoms with Crippen LogP contribution in [0.15, 0.2) is 36.5 Å². The minimum absolute atomic E-state index is 0.0236. The van der Waals surface area contributed by atoms with Gasteiger partial charge in [0, 0.05) is 11.9 Å². The first-order chi connectivity index (χ1) is 11.5. The van der Waals surface area contributed by atoms with Crippen molar-refractivity contribution in [2.45, 2.75) is 20.0 Å². The molecule has 1 N–H and O–H groups in total. The average Bonchev–Trinajstić information content (AvgIpc) is 2.90. The number of imidazole rings is 1. The van der Waals surface area contributed by atoms with Crippen LogP contribution in [-0.4, -0.2) is 20.5 Å². The zero-order valence-electron chi connectivity index (χ0n) is 12.8. The first kappa shape index (κ1) is 16.3. The molecule has 0 aliphatic carbocycles. The Balaban J connectivity index is 1.95. The zero-order valence-corrected chi connectivity index (χ0v) is 13.5. The van der Waals surface area contributed by atoms with Crippen LogP contribution in [0, 0.1) is 5.82 Å². The highest BCUT2D eigenvalue weighted by Crippen LogP contribution is 2.28. The predicted octanol–water partition coefficient (Wildman–Crippen LogP) is 3.97. The van der Waals surface area contributed by atoms with Gasteiger partial charge in [-0.2, -0.15) is 0 Å². The van der Waals surface area contributed by atoms with Gasteiger partial charge in [0.1, 0.15) is 17.9 Å². The summed E-state index contributed by atoms with van der Waals surface area (Å²) in [6.45, 7) is 1.99. The van der Waals surface area contributed by atoms with Gasteiger partial charge in [-0.3, -0.25) is 0 Å². The SMILES string of the molecule is CCc1c(COc2c(F)cccc2Cl)nc2cc(C(=O)O)ccn12. The van der Waals surface area contributed by atoms with Gasteiger partial charge in [0.05, 0.1) is 10.6 Å². The summed E-state index contributed by atoms with van der Waals surface area (Å²) in [6, 6.07) is 7.31. The Hall–Kier alpha value is -2.60. The van der Waals surface area contributed by atoms with Crippen molar-refractivity contribution in [2.24, 2.45) is 0 Å². The highest BCUT2D eigenvalue weighted by Gasteiger charge is 2.15. The van der Waals surface area contributed by atoms with Crippen LogP contribution in [0.4, 0.5) is 4.39 Å². The highest BCUT2D eigenvalue weighted by atomic mass is 35.5. The van der Waals surface area contributed by atoms with Crippen molar-refractivity contribution in [1.82, 2.24) is 9.38 Å². The van der Waals surface area contributed by atoms with E-state index in [0.717, 1.165) is 5.69 Å². The van der Waals surface area contributed by atoms with Crippen molar-refractivity contribution in [2.75, 3.05) is 0 Å². The van der Waals surface area contributed by atoms with E-state index < -0.39 is 11.8 Å². The number of carbonyl (C=O) groups is 1. The summed E-state index contributed by atoms with van der Waals surface area (Å²) in [7, 11) is 0. The van der Waals surface area contributed by atoms with E-state index in [0.29, 0.717) is 17.8 Å².